The minimum Gasteiger partial charge on any atom is -0.475 e. The molecule has 5 heterocycles. The maximum Gasteiger partial charge on any atom is 0.214 e. The van der Waals surface area contributed by atoms with Crippen LogP contribution < -0.4 is 9.64 Å². The Balaban J connectivity index is 1.53. The second-order valence-corrected chi connectivity index (χ2v) is 7.54. The van der Waals surface area contributed by atoms with Gasteiger partial charge in [-0.3, -0.25) is 5.10 Å². The maximum absolute atomic E-state index is 5.75. The van der Waals surface area contributed by atoms with Gasteiger partial charge in [-0.1, -0.05) is 0 Å². The lowest BCUT2D eigenvalue weighted by atomic mass is 10.1. The van der Waals surface area contributed by atoms with E-state index in [4.69, 9.17) is 9.47 Å². The lowest BCUT2D eigenvalue weighted by molar-refractivity contribution is 0.0902. The maximum atomic E-state index is 5.75. The average Bonchev–Trinajstić information content (AvgIpc) is 3.19. The Morgan fingerprint density at radius 2 is 2.00 bits per heavy atom. The normalized spacial score (nSPS) is 22.0. The highest BCUT2D eigenvalue weighted by molar-refractivity contribution is 5.93. The van der Waals surface area contributed by atoms with E-state index >= 15 is 0 Å². The number of nitrogens with zero attached hydrogens (tertiary/aromatic N) is 4. The third kappa shape index (κ3) is 2.92. The molecule has 2 fully saturated rings. The van der Waals surface area contributed by atoms with Gasteiger partial charge in [-0.2, -0.15) is 5.10 Å². The Hall–Kier alpha value is -2.67. The van der Waals surface area contributed by atoms with E-state index < -0.39 is 0 Å². The highest BCUT2D eigenvalue weighted by Gasteiger charge is 2.38. The molecular formula is C20H23N5O2. The van der Waals surface area contributed by atoms with Crippen LogP contribution in [0, 0.1) is 0 Å². The summed E-state index contributed by atoms with van der Waals surface area (Å²) < 4.78 is 11.5. The zero-order chi connectivity index (χ0) is 18.4. The van der Waals surface area contributed by atoms with Crippen molar-refractivity contribution in [2.24, 2.45) is 0 Å². The molecule has 2 unspecified atom stereocenters. The molecule has 2 saturated heterocycles. The van der Waals surface area contributed by atoms with Gasteiger partial charge in [0.05, 0.1) is 43.1 Å². The number of anilines is 1. The summed E-state index contributed by atoms with van der Waals surface area (Å²) in [6.07, 6.45) is 6.06. The van der Waals surface area contributed by atoms with Gasteiger partial charge in [0.25, 0.3) is 0 Å². The van der Waals surface area contributed by atoms with Gasteiger partial charge in [-0.25, -0.2) is 9.97 Å². The van der Waals surface area contributed by atoms with E-state index in [-0.39, 0.29) is 6.10 Å². The summed E-state index contributed by atoms with van der Waals surface area (Å²) in [4.78, 5) is 11.4. The molecule has 0 amide bonds. The highest BCUT2D eigenvalue weighted by atomic mass is 16.5. The Morgan fingerprint density at radius 1 is 1.19 bits per heavy atom. The summed E-state index contributed by atoms with van der Waals surface area (Å²) in [5.41, 5.74) is 2.83. The number of aromatic amines is 1. The molecule has 3 aromatic heterocycles. The third-order valence-corrected chi connectivity index (χ3v) is 5.30. The molecule has 0 aromatic carbocycles. The summed E-state index contributed by atoms with van der Waals surface area (Å²) in [6, 6.07) is 6.95. The highest BCUT2D eigenvalue weighted by Crippen LogP contribution is 2.35. The van der Waals surface area contributed by atoms with E-state index in [1.165, 1.54) is 12.8 Å². The zero-order valence-corrected chi connectivity index (χ0v) is 15.6. The Kier molecular flexibility index (Phi) is 3.97. The minimum atomic E-state index is 0.0784. The molecule has 2 aliphatic rings. The number of fused-ring (bicyclic) bond motifs is 3. The van der Waals surface area contributed by atoms with Gasteiger partial charge in [0, 0.05) is 23.2 Å². The van der Waals surface area contributed by atoms with E-state index in [1.807, 2.05) is 32.2 Å². The van der Waals surface area contributed by atoms with Crippen LogP contribution in [0.3, 0.4) is 0 Å². The summed E-state index contributed by atoms with van der Waals surface area (Å²) in [6.45, 7) is 5.56. The van der Waals surface area contributed by atoms with Crippen LogP contribution >= 0.6 is 0 Å². The van der Waals surface area contributed by atoms with E-state index in [0.29, 0.717) is 18.0 Å². The summed E-state index contributed by atoms with van der Waals surface area (Å²) in [5.74, 6) is 1.62. The van der Waals surface area contributed by atoms with Gasteiger partial charge in [-0.15, -0.1) is 0 Å². The number of hydrogen-bond donors (Lipinski definition) is 1. The number of aromatic nitrogens is 4. The van der Waals surface area contributed by atoms with Crippen LogP contribution in [0.1, 0.15) is 26.7 Å². The molecule has 1 N–H and O–H groups in total. The molecule has 5 rings (SSSR count). The van der Waals surface area contributed by atoms with Gasteiger partial charge >= 0.3 is 0 Å². The molecule has 0 saturated carbocycles. The Morgan fingerprint density at radius 3 is 2.78 bits per heavy atom. The van der Waals surface area contributed by atoms with Crippen molar-refractivity contribution in [3.8, 4) is 17.1 Å². The molecule has 3 aromatic rings. The molecule has 7 nitrogen and oxygen atoms in total. The number of hydrogen-bond acceptors (Lipinski definition) is 6. The quantitative estimate of drug-likeness (QED) is 0.765. The molecule has 2 bridgehead atoms. The van der Waals surface area contributed by atoms with Crippen molar-refractivity contribution < 1.29 is 9.47 Å². The summed E-state index contributed by atoms with van der Waals surface area (Å²) in [5, 5.41) is 8.61. The van der Waals surface area contributed by atoms with Crippen molar-refractivity contribution >= 4 is 16.7 Å². The standard InChI is InChI=1S/C20H23N5O2/c1-12(2)27-19-8-16-17(9-22-19)23-24-20(16)13-5-6-21-18(7-13)25-14-3-4-15(25)11-26-10-14/h5-9,12,14-15H,3-4,10-11H2,1-2H3,(H,23,24). The van der Waals surface area contributed by atoms with Crippen LogP contribution in [0.25, 0.3) is 22.2 Å². The van der Waals surface area contributed by atoms with E-state index in [1.54, 1.807) is 6.20 Å². The Bertz CT molecular complexity index is 954. The topological polar surface area (TPSA) is 76.2 Å². The van der Waals surface area contributed by atoms with Crippen molar-refractivity contribution in [2.75, 3.05) is 18.1 Å². The molecule has 0 aliphatic carbocycles. The fourth-order valence-electron chi connectivity index (χ4n) is 4.13. The van der Waals surface area contributed by atoms with Gasteiger partial charge in [-0.05, 0) is 38.8 Å². The second-order valence-electron chi connectivity index (χ2n) is 7.54. The predicted molar refractivity (Wildman–Crippen MR) is 103 cm³/mol. The van der Waals surface area contributed by atoms with Gasteiger partial charge in [0.2, 0.25) is 5.88 Å². The molecular weight excluding hydrogens is 342 g/mol. The predicted octanol–water partition coefficient (Wildman–Crippen LogP) is 3.17. The van der Waals surface area contributed by atoms with E-state index in [9.17, 15) is 0 Å². The van der Waals surface area contributed by atoms with E-state index in [2.05, 4.69) is 31.1 Å². The van der Waals surface area contributed by atoms with Gasteiger partial charge in [0.15, 0.2) is 0 Å². The van der Waals surface area contributed by atoms with E-state index in [0.717, 1.165) is 41.2 Å². The number of morpholine rings is 1. The molecule has 7 heteroatoms. The molecule has 27 heavy (non-hydrogen) atoms. The molecule has 2 aliphatic heterocycles. The first-order chi connectivity index (χ1) is 13.2. The number of ether oxygens (including phenoxy) is 2. The first-order valence-corrected chi connectivity index (χ1v) is 9.52. The van der Waals surface area contributed by atoms with Crippen LogP contribution in [0.2, 0.25) is 0 Å². The molecule has 0 radical (unpaired) electrons. The smallest absolute Gasteiger partial charge is 0.214 e. The SMILES string of the molecule is CC(C)Oc1cc2c(-c3ccnc(N4C5CCC4COC5)c3)n[nH]c2cn1. The third-order valence-electron chi connectivity index (χ3n) is 5.30. The van der Waals surface area contributed by atoms with Crippen molar-refractivity contribution in [1.82, 2.24) is 20.2 Å². The first-order valence-electron chi connectivity index (χ1n) is 9.52. The van der Waals surface area contributed by atoms with Gasteiger partial charge in [0.1, 0.15) is 11.5 Å². The first kappa shape index (κ1) is 16.5. The van der Waals surface area contributed by atoms with Crippen molar-refractivity contribution in [3.05, 3.63) is 30.6 Å². The van der Waals surface area contributed by atoms with Gasteiger partial charge < -0.3 is 14.4 Å². The number of pyridine rings is 2. The molecule has 140 valence electrons. The minimum absolute atomic E-state index is 0.0784. The van der Waals surface area contributed by atoms with Crippen molar-refractivity contribution in [2.45, 2.75) is 44.9 Å². The number of nitrogens with one attached hydrogen (secondary N) is 1. The average molecular weight is 365 g/mol. The largest absolute Gasteiger partial charge is 0.475 e. The van der Waals surface area contributed by atoms with Crippen LogP contribution in [-0.2, 0) is 4.74 Å². The van der Waals surface area contributed by atoms with Crippen LogP contribution in [0.5, 0.6) is 5.88 Å². The number of rotatable bonds is 4. The summed E-state index contributed by atoms with van der Waals surface area (Å²) >= 11 is 0. The van der Waals surface area contributed by atoms with Crippen molar-refractivity contribution in [3.63, 3.8) is 0 Å². The van der Waals surface area contributed by atoms with Crippen molar-refractivity contribution in [1.29, 1.82) is 0 Å². The lowest BCUT2D eigenvalue weighted by Gasteiger charge is -2.35. The Labute approximate surface area is 157 Å². The van der Waals surface area contributed by atoms with Crippen LogP contribution in [0.4, 0.5) is 5.82 Å². The lowest BCUT2D eigenvalue weighted by Crippen LogP contribution is -2.46. The number of H-pyrrole nitrogens is 1. The molecule has 2 atom stereocenters. The van der Waals surface area contributed by atoms with Crippen LogP contribution in [-0.4, -0.2) is 51.6 Å². The summed E-state index contributed by atoms with van der Waals surface area (Å²) in [7, 11) is 0. The zero-order valence-electron chi connectivity index (χ0n) is 15.6. The second kappa shape index (κ2) is 6.49. The van der Waals surface area contributed by atoms with Crippen LogP contribution in [0.15, 0.2) is 30.6 Å². The fraction of sp³-hybridized carbons (Fsp3) is 0.450. The fourth-order valence-corrected chi connectivity index (χ4v) is 4.13. The molecule has 0 spiro atoms. The monoisotopic (exact) mass is 365 g/mol.